The number of imidazole rings is 1. The summed E-state index contributed by atoms with van der Waals surface area (Å²) in [5.74, 6) is 0.888. The lowest BCUT2D eigenvalue weighted by atomic mass is 10.3. The highest BCUT2D eigenvalue weighted by atomic mass is 16.3. The lowest BCUT2D eigenvalue weighted by molar-refractivity contribution is 0.296. The van der Waals surface area contributed by atoms with Crippen molar-refractivity contribution in [1.82, 2.24) is 9.55 Å². The van der Waals surface area contributed by atoms with Crippen LogP contribution in [0.2, 0.25) is 0 Å². The molecule has 14 heavy (non-hydrogen) atoms. The van der Waals surface area contributed by atoms with Gasteiger partial charge < -0.3 is 9.67 Å². The Morgan fingerprint density at radius 2 is 2.00 bits per heavy atom. The van der Waals surface area contributed by atoms with E-state index in [2.05, 4.69) is 4.98 Å². The van der Waals surface area contributed by atoms with E-state index in [-0.39, 0.29) is 6.61 Å². The van der Waals surface area contributed by atoms with Gasteiger partial charge in [0.15, 0.2) is 0 Å². The van der Waals surface area contributed by atoms with Crippen LogP contribution in [0.1, 0.15) is 5.82 Å². The molecule has 0 saturated carbocycles. The minimum atomic E-state index is 0.129. The van der Waals surface area contributed by atoms with Gasteiger partial charge in [-0.25, -0.2) is 4.98 Å². The Morgan fingerprint density at radius 3 is 2.71 bits per heavy atom. The van der Waals surface area contributed by atoms with E-state index in [1.54, 1.807) is 6.20 Å². The van der Waals surface area contributed by atoms with E-state index in [0.717, 1.165) is 11.5 Å². The molecule has 3 nitrogen and oxygen atoms in total. The summed E-state index contributed by atoms with van der Waals surface area (Å²) in [6.07, 6.45) is 4.24. The molecule has 1 N–H and O–H groups in total. The molecule has 2 aromatic rings. The fraction of sp³-hybridized carbons (Fsp3) is 0.182. The quantitative estimate of drug-likeness (QED) is 0.790. The standard InChI is InChI=1S/C11H12N2O/c14-9-6-11-12-7-8-13(11)10-4-2-1-3-5-10/h1-5,7-8,14H,6,9H2. The highest BCUT2D eigenvalue weighted by Gasteiger charge is 2.02. The lowest BCUT2D eigenvalue weighted by Gasteiger charge is -2.05. The van der Waals surface area contributed by atoms with Gasteiger partial charge in [-0.05, 0) is 12.1 Å². The van der Waals surface area contributed by atoms with Gasteiger partial charge in [-0.3, -0.25) is 0 Å². The first kappa shape index (κ1) is 8.97. The third-order valence-corrected chi connectivity index (χ3v) is 2.09. The highest BCUT2D eigenvalue weighted by Crippen LogP contribution is 2.09. The van der Waals surface area contributed by atoms with E-state index in [1.807, 2.05) is 41.1 Å². The van der Waals surface area contributed by atoms with Gasteiger partial charge >= 0.3 is 0 Å². The number of nitrogens with zero attached hydrogens (tertiary/aromatic N) is 2. The Balaban J connectivity index is 2.37. The topological polar surface area (TPSA) is 38.1 Å². The molecule has 1 aromatic carbocycles. The van der Waals surface area contributed by atoms with Gasteiger partial charge in [0.2, 0.25) is 0 Å². The lowest BCUT2D eigenvalue weighted by Crippen LogP contribution is -2.02. The van der Waals surface area contributed by atoms with E-state index in [0.29, 0.717) is 6.42 Å². The summed E-state index contributed by atoms with van der Waals surface area (Å²) in [6, 6.07) is 9.98. The molecular formula is C11H12N2O. The summed E-state index contributed by atoms with van der Waals surface area (Å²) >= 11 is 0. The normalized spacial score (nSPS) is 10.4. The summed E-state index contributed by atoms with van der Waals surface area (Å²) in [6.45, 7) is 0.129. The molecule has 3 heteroatoms. The number of benzene rings is 1. The molecule has 2 rings (SSSR count). The first-order valence-electron chi connectivity index (χ1n) is 4.60. The van der Waals surface area contributed by atoms with Gasteiger partial charge in [0.25, 0.3) is 0 Å². The number of rotatable bonds is 3. The molecule has 0 bridgehead atoms. The van der Waals surface area contributed by atoms with Crippen molar-refractivity contribution in [2.75, 3.05) is 6.61 Å². The fourth-order valence-electron chi connectivity index (χ4n) is 1.44. The molecule has 0 aliphatic carbocycles. The summed E-state index contributed by atoms with van der Waals surface area (Å²) < 4.78 is 1.98. The van der Waals surface area contributed by atoms with Crippen LogP contribution in [0.5, 0.6) is 0 Å². The molecule has 0 unspecified atom stereocenters. The molecule has 0 aliphatic rings. The Hall–Kier alpha value is -1.61. The zero-order valence-electron chi connectivity index (χ0n) is 7.80. The van der Waals surface area contributed by atoms with Gasteiger partial charge in [0.1, 0.15) is 5.82 Å². The maximum Gasteiger partial charge on any atom is 0.115 e. The number of aromatic nitrogens is 2. The molecule has 1 heterocycles. The molecule has 0 radical (unpaired) electrons. The van der Waals surface area contributed by atoms with E-state index in [1.165, 1.54) is 0 Å². The number of hydrogen-bond acceptors (Lipinski definition) is 2. The van der Waals surface area contributed by atoms with Crippen molar-refractivity contribution in [3.05, 3.63) is 48.5 Å². The van der Waals surface area contributed by atoms with Crippen molar-refractivity contribution < 1.29 is 5.11 Å². The highest BCUT2D eigenvalue weighted by molar-refractivity contribution is 5.32. The smallest absolute Gasteiger partial charge is 0.115 e. The first-order valence-corrected chi connectivity index (χ1v) is 4.60. The van der Waals surface area contributed by atoms with Crippen LogP contribution in [0.25, 0.3) is 5.69 Å². The predicted molar refractivity (Wildman–Crippen MR) is 54.4 cm³/mol. The number of aliphatic hydroxyl groups excluding tert-OH is 1. The van der Waals surface area contributed by atoms with Gasteiger partial charge in [-0.1, -0.05) is 18.2 Å². The van der Waals surface area contributed by atoms with Crippen LogP contribution in [0.3, 0.4) is 0 Å². The van der Waals surface area contributed by atoms with Crippen molar-refractivity contribution in [3.8, 4) is 5.69 Å². The van der Waals surface area contributed by atoms with Crippen molar-refractivity contribution in [2.24, 2.45) is 0 Å². The largest absolute Gasteiger partial charge is 0.396 e. The van der Waals surface area contributed by atoms with Crippen molar-refractivity contribution >= 4 is 0 Å². The Morgan fingerprint density at radius 1 is 1.21 bits per heavy atom. The minimum Gasteiger partial charge on any atom is -0.396 e. The number of aliphatic hydroxyl groups is 1. The van der Waals surface area contributed by atoms with Crippen molar-refractivity contribution in [3.63, 3.8) is 0 Å². The van der Waals surface area contributed by atoms with E-state index >= 15 is 0 Å². The molecule has 0 fully saturated rings. The second-order valence-corrected chi connectivity index (χ2v) is 3.02. The van der Waals surface area contributed by atoms with Crippen molar-refractivity contribution in [2.45, 2.75) is 6.42 Å². The minimum absolute atomic E-state index is 0.129. The zero-order chi connectivity index (χ0) is 9.80. The van der Waals surface area contributed by atoms with Gasteiger partial charge in [0.05, 0.1) is 6.61 Å². The maximum absolute atomic E-state index is 8.86. The third-order valence-electron chi connectivity index (χ3n) is 2.09. The fourth-order valence-corrected chi connectivity index (χ4v) is 1.44. The SMILES string of the molecule is OCCc1nccn1-c1ccccc1. The Kier molecular flexibility index (Phi) is 2.60. The number of para-hydroxylation sites is 1. The van der Waals surface area contributed by atoms with Crippen LogP contribution in [-0.2, 0) is 6.42 Å². The second-order valence-electron chi connectivity index (χ2n) is 3.02. The van der Waals surface area contributed by atoms with E-state index < -0.39 is 0 Å². The molecule has 0 saturated heterocycles. The summed E-state index contributed by atoms with van der Waals surface area (Å²) in [5.41, 5.74) is 1.08. The van der Waals surface area contributed by atoms with E-state index in [4.69, 9.17) is 5.11 Å². The zero-order valence-corrected chi connectivity index (χ0v) is 7.80. The van der Waals surface area contributed by atoms with Crippen LogP contribution >= 0.6 is 0 Å². The predicted octanol–water partition coefficient (Wildman–Crippen LogP) is 1.41. The maximum atomic E-state index is 8.86. The van der Waals surface area contributed by atoms with Gasteiger partial charge in [0, 0.05) is 24.5 Å². The Bertz CT molecular complexity index is 395. The van der Waals surface area contributed by atoms with Gasteiger partial charge in [-0.15, -0.1) is 0 Å². The van der Waals surface area contributed by atoms with Crippen LogP contribution in [0, 0.1) is 0 Å². The average Bonchev–Trinajstić information content (AvgIpc) is 2.68. The second kappa shape index (κ2) is 4.07. The van der Waals surface area contributed by atoms with E-state index in [9.17, 15) is 0 Å². The third kappa shape index (κ3) is 1.67. The molecule has 0 aliphatic heterocycles. The van der Waals surface area contributed by atoms with Gasteiger partial charge in [-0.2, -0.15) is 0 Å². The molecule has 72 valence electrons. The molecule has 1 aromatic heterocycles. The average molecular weight is 188 g/mol. The summed E-state index contributed by atoms with van der Waals surface area (Å²) in [4.78, 5) is 4.19. The number of hydrogen-bond donors (Lipinski definition) is 1. The molecule has 0 amide bonds. The molecule has 0 atom stereocenters. The summed E-state index contributed by atoms with van der Waals surface area (Å²) in [5, 5.41) is 8.86. The van der Waals surface area contributed by atoms with Crippen LogP contribution in [0.15, 0.2) is 42.7 Å². The van der Waals surface area contributed by atoms with Crippen LogP contribution in [-0.4, -0.2) is 21.3 Å². The van der Waals surface area contributed by atoms with Crippen LogP contribution < -0.4 is 0 Å². The molecule has 0 spiro atoms. The first-order chi connectivity index (χ1) is 6.92. The monoisotopic (exact) mass is 188 g/mol. The van der Waals surface area contributed by atoms with Crippen molar-refractivity contribution in [1.29, 1.82) is 0 Å². The summed E-state index contributed by atoms with van der Waals surface area (Å²) in [7, 11) is 0. The Labute approximate surface area is 82.7 Å². The molecular weight excluding hydrogens is 176 g/mol. The van der Waals surface area contributed by atoms with Crippen LogP contribution in [0.4, 0.5) is 0 Å².